The van der Waals surface area contributed by atoms with Gasteiger partial charge in [0.05, 0.1) is 0 Å². The minimum Gasteiger partial charge on any atom is -0.324 e. The van der Waals surface area contributed by atoms with Gasteiger partial charge in [0.1, 0.15) is 5.82 Å². The summed E-state index contributed by atoms with van der Waals surface area (Å²) in [4.78, 5) is 8.08. The van der Waals surface area contributed by atoms with Gasteiger partial charge in [-0.1, -0.05) is 11.6 Å². The van der Waals surface area contributed by atoms with Gasteiger partial charge < -0.3 is 5.32 Å². The van der Waals surface area contributed by atoms with Crippen molar-refractivity contribution >= 4 is 45.8 Å². The third-order valence-corrected chi connectivity index (χ3v) is 2.51. The molecule has 2 rings (SSSR count). The van der Waals surface area contributed by atoms with Crippen molar-refractivity contribution in [3.05, 3.63) is 45.0 Å². The molecule has 82 valence electrons. The minimum absolute atomic E-state index is 0.327. The molecule has 0 spiro atoms. The second-order valence-corrected chi connectivity index (χ2v) is 4.69. The molecule has 0 saturated heterocycles. The van der Waals surface area contributed by atoms with Crippen LogP contribution in [0.4, 0.5) is 16.0 Å². The van der Waals surface area contributed by atoms with Gasteiger partial charge in [0, 0.05) is 26.7 Å². The highest BCUT2D eigenvalue weighted by Crippen LogP contribution is 2.20. The molecular weight excluding hydrogens is 343 g/mol. The zero-order valence-corrected chi connectivity index (χ0v) is 10.8. The molecule has 1 aromatic heterocycles. The number of nitrogens with one attached hydrogen (secondary N) is 1. The lowest BCUT2D eigenvalue weighted by molar-refractivity contribution is 0.628. The standard InChI is InChI=1S/C10H6ClFIN3/c11-6-1-7(12)3-9(2-6)16-10-14-4-8(13)5-15-10/h1-5H,(H,14,15,16). The van der Waals surface area contributed by atoms with Crippen LogP contribution in [0.5, 0.6) is 0 Å². The first-order valence-electron chi connectivity index (χ1n) is 4.34. The third kappa shape index (κ3) is 3.02. The molecule has 0 bridgehead atoms. The number of halogens is 3. The number of benzene rings is 1. The molecule has 2 aromatic rings. The van der Waals surface area contributed by atoms with Crippen LogP contribution >= 0.6 is 34.2 Å². The Morgan fingerprint density at radius 3 is 2.50 bits per heavy atom. The van der Waals surface area contributed by atoms with Crippen LogP contribution in [0.3, 0.4) is 0 Å². The SMILES string of the molecule is Fc1cc(Cl)cc(Nc2ncc(I)cn2)c1. The first-order chi connectivity index (χ1) is 7.63. The highest BCUT2D eigenvalue weighted by atomic mass is 127. The Morgan fingerprint density at radius 2 is 1.88 bits per heavy atom. The van der Waals surface area contributed by atoms with Crippen LogP contribution in [0.2, 0.25) is 5.02 Å². The highest BCUT2D eigenvalue weighted by Gasteiger charge is 2.01. The maximum absolute atomic E-state index is 13.0. The quantitative estimate of drug-likeness (QED) is 0.842. The normalized spacial score (nSPS) is 10.2. The predicted octanol–water partition coefficient (Wildman–Crippen LogP) is 3.62. The molecule has 0 fully saturated rings. The molecule has 0 aliphatic heterocycles. The molecule has 16 heavy (non-hydrogen) atoms. The van der Waals surface area contributed by atoms with E-state index in [1.165, 1.54) is 12.1 Å². The second-order valence-electron chi connectivity index (χ2n) is 3.01. The number of anilines is 2. The van der Waals surface area contributed by atoms with Gasteiger partial charge in [0.2, 0.25) is 5.95 Å². The summed E-state index contributed by atoms with van der Waals surface area (Å²) in [5.41, 5.74) is 0.520. The van der Waals surface area contributed by atoms with E-state index in [4.69, 9.17) is 11.6 Å². The van der Waals surface area contributed by atoms with Crippen LogP contribution in [0.15, 0.2) is 30.6 Å². The molecule has 0 unspecified atom stereocenters. The molecule has 3 nitrogen and oxygen atoms in total. The van der Waals surface area contributed by atoms with Crippen molar-refractivity contribution in [1.29, 1.82) is 0 Å². The van der Waals surface area contributed by atoms with E-state index in [9.17, 15) is 4.39 Å². The summed E-state index contributed by atoms with van der Waals surface area (Å²) in [6.07, 6.45) is 3.33. The Bertz CT molecular complexity index is 484. The van der Waals surface area contributed by atoms with Crippen molar-refractivity contribution in [2.24, 2.45) is 0 Å². The fourth-order valence-electron chi connectivity index (χ4n) is 1.13. The monoisotopic (exact) mass is 349 g/mol. The number of nitrogens with zero attached hydrogens (tertiary/aromatic N) is 2. The Kier molecular flexibility index (Phi) is 3.55. The fourth-order valence-corrected chi connectivity index (χ4v) is 1.63. The summed E-state index contributed by atoms with van der Waals surface area (Å²) in [6, 6.07) is 4.17. The van der Waals surface area contributed by atoms with Crippen molar-refractivity contribution in [1.82, 2.24) is 9.97 Å². The molecular formula is C10H6ClFIN3. The predicted molar refractivity (Wildman–Crippen MR) is 69.4 cm³/mol. The van der Waals surface area contributed by atoms with Crippen molar-refractivity contribution in [3.63, 3.8) is 0 Å². The van der Waals surface area contributed by atoms with Crippen molar-refractivity contribution in [2.75, 3.05) is 5.32 Å². The minimum atomic E-state index is -0.402. The van der Waals surface area contributed by atoms with E-state index in [-0.39, 0.29) is 0 Å². The number of aromatic nitrogens is 2. The summed E-state index contributed by atoms with van der Waals surface area (Å²) in [5, 5.41) is 3.19. The smallest absolute Gasteiger partial charge is 0.227 e. The summed E-state index contributed by atoms with van der Waals surface area (Å²) in [7, 11) is 0. The summed E-state index contributed by atoms with van der Waals surface area (Å²) >= 11 is 7.82. The van der Waals surface area contributed by atoms with Gasteiger partial charge in [0.25, 0.3) is 0 Å². The van der Waals surface area contributed by atoms with Gasteiger partial charge in [-0.15, -0.1) is 0 Å². The number of hydrogen-bond donors (Lipinski definition) is 1. The molecule has 1 N–H and O–H groups in total. The first kappa shape index (κ1) is 11.5. The molecule has 0 radical (unpaired) electrons. The number of rotatable bonds is 2. The van der Waals surface area contributed by atoms with E-state index in [0.717, 1.165) is 3.57 Å². The van der Waals surface area contributed by atoms with E-state index in [1.54, 1.807) is 18.5 Å². The van der Waals surface area contributed by atoms with Crippen molar-refractivity contribution in [2.45, 2.75) is 0 Å². The molecule has 0 saturated carbocycles. The zero-order valence-electron chi connectivity index (χ0n) is 7.92. The molecule has 0 amide bonds. The molecule has 0 aliphatic rings. The van der Waals surface area contributed by atoms with E-state index >= 15 is 0 Å². The highest BCUT2D eigenvalue weighted by molar-refractivity contribution is 14.1. The van der Waals surface area contributed by atoms with Gasteiger partial charge in [-0.05, 0) is 40.8 Å². The van der Waals surface area contributed by atoms with Gasteiger partial charge in [-0.25, -0.2) is 14.4 Å². The van der Waals surface area contributed by atoms with Gasteiger partial charge in [-0.2, -0.15) is 0 Å². The van der Waals surface area contributed by atoms with Crippen LogP contribution in [-0.2, 0) is 0 Å². The van der Waals surface area contributed by atoms with E-state index in [2.05, 4.69) is 37.9 Å². The molecule has 0 atom stereocenters. The third-order valence-electron chi connectivity index (χ3n) is 1.74. The fraction of sp³-hybridized carbons (Fsp3) is 0. The van der Waals surface area contributed by atoms with Crippen LogP contribution in [0.25, 0.3) is 0 Å². The van der Waals surface area contributed by atoms with E-state index < -0.39 is 5.82 Å². The van der Waals surface area contributed by atoms with Crippen molar-refractivity contribution < 1.29 is 4.39 Å². The zero-order chi connectivity index (χ0) is 11.5. The van der Waals surface area contributed by atoms with Crippen LogP contribution in [-0.4, -0.2) is 9.97 Å². The Labute approximate surface area is 110 Å². The van der Waals surface area contributed by atoms with E-state index in [0.29, 0.717) is 16.7 Å². The van der Waals surface area contributed by atoms with Crippen molar-refractivity contribution in [3.8, 4) is 0 Å². The molecule has 6 heteroatoms. The maximum Gasteiger partial charge on any atom is 0.227 e. The Hall–Kier alpha value is -0.950. The largest absolute Gasteiger partial charge is 0.324 e. The molecule has 0 aliphatic carbocycles. The van der Waals surface area contributed by atoms with Crippen LogP contribution in [0.1, 0.15) is 0 Å². The maximum atomic E-state index is 13.0. The Balaban J connectivity index is 2.23. The lowest BCUT2D eigenvalue weighted by atomic mass is 10.3. The van der Waals surface area contributed by atoms with Gasteiger partial charge in [0.15, 0.2) is 0 Å². The number of hydrogen-bond acceptors (Lipinski definition) is 3. The van der Waals surface area contributed by atoms with E-state index in [1.807, 2.05) is 0 Å². The Morgan fingerprint density at radius 1 is 1.19 bits per heavy atom. The van der Waals surface area contributed by atoms with Gasteiger partial charge >= 0.3 is 0 Å². The lowest BCUT2D eigenvalue weighted by Crippen LogP contribution is -1.97. The van der Waals surface area contributed by atoms with Crippen LogP contribution in [0, 0.1) is 9.39 Å². The molecule has 1 heterocycles. The second kappa shape index (κ2) is 4.92. The topological polar surface area (TPSA) is 37.8 Å². The average Bonchev–Trinajstić information content (AvgIpc) is 2.20. The summed E-state index contributed by atoms with van der Waals surface area (Å²) < 4.78 is 14.0. The van der Waals surface area contributed by atoms with Gasteiger partial charge in [-0.3, -0.25) is 0 Å². The van der Waals surface area contributed by atoms with Crippen LogP contribution < -0.4 is 5.32 Å². The molecule has 1 aromatic carbocycles. The summed E-state index contributed by atoms with van der Waals surface area (Å²) in [6.45, 7) is 0. The average molecular weight is 350 g/mol. The first-order valence-corrected chi connectivity index (χ1v) is 5.80. The summed E-state index contributed by atoms with van der Waals surface area (Å²) in [5.74, 6) is 0.00240. The lowest BCUT2D eigenvalue weighted by Gasteiger charge is -2.04.